The Bertz CT molecular complexity index is 644. The Morgan fingerprint density at radius 3 is 2.70 bits per heavy atom. The van der Waals surface area contributed by atoms with E-state index in [0.29, 0.717) is 17.5 Å². The molecule has 0 atom stereocenters. The van der Waals surface area contributed by atoms with Crippen molar-refractivity contribution in [2.24, 2.45) is 5.92 Å². The molecule has 1 aliphatic rings. The van der Waals surface area contributed by atoms with Gasteiger partial charge in [-0.15, -0.1) is 5.10 Å². The van der Waals surface area contributed by atoms with E-state index in [2.05, 4.69) is 28.9 Å². The third-order valence-corrected chi connectivity index (χ3v) is 4.84. The van der Waals surface area contributed by atoms with Crippen LogP contribution in [0.4, 0.5) is 5.82 Å². The van der Waals surface area contributed by atoms with E-state index < -0.39 is 0 Å². The first-order valence-corrected chi connectivity index (χ1v) is 8.88. The Kier molecular flexibility index (Phi) is 4.98. The van der Waals surface area contributed by atoms with Gasteiger partial charge in [0.05, 0.1) is 11.9 Å². The Hall–Kier alpha value is -1.85. The fourth-order valence-electron chi connectivity index (χ4n) is 3.41. The Morgan fingerprint density at radius 2 is 2.00 bits per heavy atom. The molecule has 6 nitrogen and oxygen atoms in total. The molecule has 0 radical (unpaired) electrons. The number of anilines is 1. The van der Waals surface area contributed by atoms with Crippen molar-refractivity contribution in [2.75, 3.05) is 5.73 Å². The van der Waals surface area contributed by atoms with Gasteiger partial charge in [-0.2, -0.15) is 4.98 Å². The summed E-state index contributed by atoms with van der Waals surface area (Å²) in [7, 11) is 0. The average Bonchev–Trinajstić information content (AvgIpc) is 2.97. The van der Waals surface area contributed by atoms with E-state index in [9.17, 15) is 0 Å². The molecule has 6 heteroatoms. The molecule has 0 spiro atoms. The van der Waals surface area contributed by atoms with Crippen molar-refractivity contribution in [2.45, 2.75) is 71.3 Å². The SMILES string of the molecule is CCC(CC)Oc1nc(N)c2ncc(CC3CCCCC3)n2n1. The second-order valence-electron chi connectivity index (χ2n) is 6.53. The first-order valence-electron chi connectivity index (χ1n) is 8.88. The zero-order valence-electron chi connectivity index (χ0n) is 14.2. The summed E-state index contributed by atoms with van der Waals surface area (Å²) in [5, 5.41) is 4.54. The van der Waals surface area contributed by atoms with Crippen molar-refractivity contribution in [3.05, 3.63) is 11.9 Å². The Balaban J connectivity index is 1.85. The maximum Gasteiger partial charge on any atom is 0.336 e. The van der Waals surface area contributed by atoms with Gasteiger partial charge in [0.25, 0.3) is 0 Å². The molecule has 0 amide bonds. The van der Waals surface area contributed by atoms with Gasteiger partial charge in [0.15, 0.2) is 11.5 Å². The quantitative estimate of drug-likeness (QED) is 0.883. The normalized spacial score (nSPS) is 16.3. The molecular formula is C17H27N5O. The minimum atomic E-state index is 0.122. The van der Waals surface area contributed by atoms with Gasteiger partial charge in [-0.05, 0) is 25.2 Å². The molecule has 0 aliphatic heterocycles. The standard InChI is InChI=1S/C17H27N5O/c1-3-14(4-2)23-17-20-15(18)16-19-11-13(22(16)21-17)10-12-8-6-5-7-9-12/h11-12,14H,3-10H2,1-2H3,(H2,18,20,21). The van der Waals surface area contributed by atoms with Crippen molar-refractivity contribution in [3.8, 4) is 6.01 Å². The molecule has 2 aromatic heterocycles. The number of hydrogen-bond donors (Lipinski definition) is 1. The highest BCUT2D eigenvalue weighted by Gasteiger charge is 2.19. The molecule has 0 saturated heterocycles. The van der Waals surface area contributed by atoms with Crippen LogP contribution in [-0.2, 0) is 6.42 Å². The fourth-order valence-corrected chi connectivity index (χ4v) is 3.41. The zero-order chi connectivity index (χ0) is 16.2. The van der Waals surface area contributed by atoms with Crippen LogP contribution in [0.25, 0.3) is 5.65 Å². The van der Waals surface area contributed by atoms with E-state index in [1.165, 1.54) is 32.1 Å². The van der Waals surface area contributed by atoms with E-state index >= 15 is 0 Å². The minimum Gasteiger partial charge on any atom is -0.459 e. The number of nitrogens with zero attached hydrogens (tertiary/aromatic N) is 4. The van der Waals surface area contributed by atoms with Crippen LogP contribution in [0.1, 0.15) is 64.5 Å². The molecule has 1 fully saturated rings. The Labute approximate surface area is 137 Å². The molecule has 0 bridgehead atoms. The number of imidazole rings is 1. The van der Waals surface area contributed by atoms with E-state index in [1.807, 2.05) is 10.7 Å². The van der Waals surface area contributed by atoms with E-state index in [-0.39, 0.29) is 6.10 Å². The van der Waals surface area contributed by atoms with Crippen LogP contribution in [-0.4, -0.2) is 25.7 Å². The molecule has 2 heterocycles. The van der Waals surface area contributed by atoms with Crippen LogP contribution >= 0.6 is 0 Å². The summed E-state index contributed by atoms with van der Waals surface area (Å²) in [6.07, 6.45) is 11.5. The molecular weight excluding hydrogens is 290 g/mol. The van der Waals surface area contributed by atoms with Gasteiger partial charge in [-0.3, -0.25) is 0 Å². The fraction of sp³-hybridized carbons (Fsp3) is 0.706. The number of nitrogen functional groups attached to an aromatic ring is 1. The first-order chi connectivity index (χ1) is 11.2. The highest BCUT2D eigenvalue weighted by Crippen LogP contribution is 2.27. The molecule has 0 aromatic carbocycles. The predicted octanol–water partition coefficient (Wildman–Crippen LogP) is 3.40. The van der Waals surface area contributed by atoms with Gasteiger partial charge in [0.1, 0.15) is 6.10 Å². The summed E-state index contributed by atoms with van der Waals surface area (Å²) >= 11 is 0. The number of aromatic nitrogens is 4. The largest absolute Gasteiger partial charge is 0.459 e. The van der Waals surface area contributed by atoms with E-state index in [0.717, 1.165) is 30.9 Å². The third-order valence-electron chi connectivity index (χ3n) is 4.84. The van der Waals surface area contributed by atoms with E-state index in [4.69, 9.17) is 10.5 Å². The summed E-state index contributed by atoms with van der Waals surface area (Å²) in [6.45, 7) is 4.20. The second-order valence-corrected chi connectivity index (χ2v) is 6.53. The van der Waals surface area contributed by atoms with E-state index in [1.54, 1.807) is 0 Å². The number of hydrogen-bond acceptors (Lipinski definition) is 5. The molecule has 3 rings (SSSR count). The van der Waals surface area contributed by atoms with Crippen LogP contribution in [0.5, 0.6) is 6.01 Å². The highest BCUT2D eigenvalue weighted by atomic mass is 16.5. The summed E-state index contributed by atoms with van der Waals surface area (Å²) in [4.78, 5) is 8.66. The predicted molar refractivity (Wildman–Crippen MR) is 90.5 cm³/mol. The molecule has 1 saturated carbocycles. The first kappa shape index (κ1) is 16.0. The lowest BCUT2D eigenvalue weighted by Crippen LogP contribution is -2.18. The van der Waals surface area contributed by atoms with Crippen molar-refractivity contribution in [1.82, 2.24) is 19.6 Å². The van der Waals surface area contributed by atoms with Gasteiger partial charge in [0, 0.05) is 0 Å². The molecule has 2 N–H and O–H groups in total. The number of nitrogens with two attached hydrogens (primary N) is 1. The summed E-state index contributed by atoms with van der Waals surface area (Å²) in [5.74, 6) is 1.11. The molecule has 23 heavy (non-hydrogen) atoms. The van der Waals surface area contributed by atoms with Crippen LogP contribution in [0.2, 0.25) is 0 Å². The summed E-state index contributed by atoms with van der Waals surface area (Å²) in [5.41, 5.74) is 7.79. The lowest BCUT2D eigenvalue weighted by Gasteiger charge is -2.21. The molecule has 0 unspecified atom stereocenters. The monoisotopic (exact) mass is 317 g/mol. The van der Waals surface area contributed by atoms with Gasteiger partial charge in [0.2, 0.25) is 0 Å². The number of rotatable bonds is 6. The third kappa shape index (κ3) is 3.57. The van der Waals surface area contributed by atoms with Crippen LogP contribution in [0, 0.1) is 5.92 Å². The van der Waals surface area contributed by atoms with Crippen molar-refractivity contribution >= 4 is 11.5 Å². The van der Waals surface area contributed by atoms with Crippen LogP contribution in [0.3, 0.4) is 0 Å². The van der Waals surface area contributed by atoms with Crippen LogP contribution < -0.4 is 10.5 Å². The smallest absolute Gasteiger partial charge is 0.336 e. The maximum absolute atomic E-state index is 6.05. The molecule has 126 valence electrons. The molecule has 2 aromatic rings. The second kappa shape index (κ2) is 7.15. The van der Waals surface area contributed by atoms with Gasteiger partial charge >= 0.3 is 6.01 Å². The topological polar surface area (TPSA) is 78.3 Å². The highest BCUT2D eigenvalue weighted by molar-refractivity contribution is 5.59. The lowest BCUT2D eigenvalue weighted by atomic mass is 9.86. The van der Waals surface area contributed by atoms with Gasteiger partial charge < -0.3 is 10.5 Å². The van der Waals surface area contributed by atoms with Crippen LogP contribution in [0.15, 0.2) is 6.20 Å². The minimum absolute atomic E-state index is 0.122. The number of fused-ring (bicyclic) bond motifs is 1. The molecule has 1 aliphatic carbocycles. The van der Waals surface area contributed by atoms with Gasteiger partial charge in [-0.25, -0.2) is 9.50 Å². The van der Waals surface area contributed by atoms with Crippen molar-refractivity contribution in [3.63, 3.8) is 0 Å². The van der Waals surface area contributed by atoms with Crippen molar-refractivity contribution < 1.29 is 4.74 Å². The lowest BCUT2D eigenvalue weighted by molar-refractivity contribution is 0.173. The Morgan fingerprint density at radius 1 is 1.26 bits per heavy atom. The van der Waals surface area contributed by atoms with Crippen molar-refractivity contribution in [1.29, 1.82) is 0 Å². The zero-order valence-corrected chi connectivity index (χ0v) is 14.2. The maximum atomic E-state index is 6.05. The number of ether oxygens (including phenoxy) is 1. The average molecular weight is 317 g/mol. The summed E-state index contributed by atoms with van der Waals surface area (Å²) in [6, 6.07) is 0.353. The van der Waals surface area contributed by atoms with Gasteiger partial charge in [-0.1, -0.05) is 46.0 Å². The summed E-state index contributed by atoms with van der Waals surface area (Å²) < 4.78 is 7.69.